The molecule has 2 aromatic carbocycles. The summed E-state index contributed by atoms with van der Waals surface area (Å²) in [7, 11) is 6.51. The fourth-order valence-corrected chi connectivity index (χ4v) is 2.76. The fraction of sp³-hybridized carbons (Fsp3) is 0.381. The van der Waals surface area contributed by atoms with Gasteiger partial charge in [-0.15, -0.1) is 24.0 Å². The summed E-state index contributed by atoms with van der Waals surface area (Å²) in [5.74, 6) is 3.52. The summed E-state index contributed by atoms with van der Waals surface area (Å²) in [6.07, 6.45) is 0. The Morgan fingerprint density at radius 2 is 1.59 bits per heavy atom. The summed E-state index contributed by atoms with van der Waals surface area (Å²) in [6.45, 7) is 3.84. The number of nitrogens with one attached hydrogen (secondary N) is 2. The molecule has 0 heterocycles. The molecule has 8 heteroatoms. The number of hydrogen-bond donors (Lipinski definition) is 2. The van der Waals surface area contributed by atoms with E-state index in [0.717, 1.165) is 17.7 Å². The molecule has 2 N–H and O–H groups in total. The van der Waals surface area contributed by atoms with Crippen molar-refractivity contribution in [2.45, 2.75) is 20.0 Å². The Hall–Kier alpha value is -2.36. The van der Waals surface area contributed by atoms with E-state index in [9.17, 15) is 0 Å². The summed E-state index contributed by atoms with van der Waals surface area (Å²) < 4.78 is 21.5. The quantitative estimate of drug-likeness (QED) is 0.302. The van der Waals surface area contributed by atoms with Crippen LogP contribution in [0.4, 0.5) is 0 Å². The van der Waals surface area contributed by atoms with Crippen LogP contribution in [0.5, 0.6) is 23.0 Å². The van der Waals surface area contributed by atoms with Gasteiger partial charge in [-0.05, 0) is 30.7 Å². The highest BCUT2D eigenvalue weighted by Crippen LogP contribution is 2.30. The molecule has 2 rings (SSSR count). The molecule has 0 unspecified atom stereocenters. The van der Waals surface area contributed by atoms with Gasteiger partial charge in [-0.2, -0.15) is 0 Å². The van der Waals surface area contributed by atoms with Gasteiger partial charge in [0.25, 0.3) is 0 Å². The van der Waals surface area contributed by atoms with Gasteiger partial charge >= 0.3 is 0 Å². The van der Waals surface area contributed by atoms with E-state index in [1.807, 2.05) is 43.3 Å². The first-order valence-corrected chi connectivity index (χ1v) is 9.09. The van der Waals surface area contributed by atoms with Crippen molar-refractivity contribution in [1.82, 2.24) is 10.6 Å². The predicted molar refractivity (Wildman–Crippen MR) is 126 cm³/mol. The molecule has 0 aliphatic rings. The molecule has 0 aliphatic heterocycles. The maximum Gasteiger partial charge on any atom is 0.191 e. The van der Waals surface area contributed by atoms with Crippen LogP contribution >= 0.6 is 24.0 Å². The Labute approximate surface area is 189 Å². The second kappa shape index (κ2) is 13.0. The van der Waals surface area contributed by atoms with Crippen molar-refractivity contribution in [3.05, 3.63) is 47.5 Å². The maximum absolute atomic E-state index is 5.49. The van der Waals surface area contributed by atoms with Crippen molar-refractivity contribution in [2.24, 2.45) is 4.99 Å². The topological polar surface area (TPSA) is 73.3 Å². The Balaban J connectivity index is 0.00000420. The third kappa shape index (κ3) is 6.88. The van der Waals surface area contributed by atoms with Crippen molar-refractivity contribution in [2.75, 3.05) is 35.0 Å². The number of rotatable bonds is 9. The molecule has 0 spiro atoms. The number of aliphatic imine (C=N–C) groups is 1. The highest BCUT2D eigenvalue weighted by molar-refractivity contribution is 14.0. The van der Waals surface area contributed by atoms with E-state index in [4.69, 9.17) is 18.9 Å². The Morgan fingerprint density at radius 1 is 0.862 bits per heavy atom. The minimum Gasteiger partial charge on any atom is -0.493 e. The Kier molecular flexibility index (Phi) is 11.0. The van der Waals surface area contributed by atoms with Crippen molar-refractivity contribution < 1.29 is 18.9 Å². The molecule has 160 valence electrons. The highest BCUT2D eigenvalue weighted by atomic mass is 127. The third-order valence-electron chi connectivity index (χ3n) is 4.14. The lowest BCUT2D eigenvalue weighted by molar-refractivity contribution is 0.351. The van der Waals surface area contributed by atoms with Crippen LogP contribution in [0.2, 0.25) is 0 Å². The van der Waals surface area contributed by atoms with Crippen molar-refractivity contribution in [3.8, 4) is 23.0 Å². The first kappa shape index (κ1) is 24.7. The second-order valence-electron chi connectivity index (χ2n) is 5.89. The number of guanidine groups is 1. The summed E-state index contributed by atoms with van der Waals surface area (Å²) in [5, 5.41) is 6.58. The molecule has 0 fully saturated rings. The Bertz CT molecular complexity index is 799. The predicted octanol–water partition coefficient (Wildman–Crippen LogP) is 3.59. The minimum atomic E-state index is 0. The lowest BCUT2D eigenvalue weighted by atomic mass is 10.2. The van der Waals surface area contributed by atoms with Crippen molar-refractivity contribution in [3.63, 3.8) is 0 Å². The number of ether oxygens (including phenoxy) is 4. The van der Waals surface area contributed by atoms with E-state index < -0.39 is 0 Å². The van der Waals surface area contributed by atoms with Crippen LogP contribution in [0.1, 0.15) is 18.1 Å². The largest absolute Gasteiger partial charge is 0.493 e. The molecule has 7 nitrogen and oxygen atoms in total. The Morgan fingerprint density at radius 3 is 2.21 bits per heavy atom. The summed E-state index contributed by atoms with van der Waals surface area (Å²) in [6, 6.07) is 11.6. The second-order valence-corrected chi connectivity index (χ2v) is 5.89. The van der Waals surface area contributed by atoms with Gasteiger partial charge in [-0.25, -0.2) is 4.99 Å². The van der Waals surface area contributed by atoms with Crippen LogP contribution in [0, 0.1) is 0 Å². The average Bonchev–Trinajstić information content (AvgIpc) is 2.74. The fourth-order valence-electron chi connectivity index (χ4n) is 2.76. The van der Waals surface area contributed by atoms with E-state index in [0.29, 0.717) is 42.0 Å². The van der Waals surface area contributed by atoms with Gasteiger partial charge in [0.15, 0.2) is 29.0 Å². The zero-order chi connectivity index (χ0) is 20.4. The van der Waals surface area contributed by atoms with E-state index >= 15 is 0 Å². The van der Waals surface area contributed by atoms with Gasteiger partial charge in [0.05, 0.1) is 35.0 Å². The zero-order valence-electron chi connectivity index (χ0n) is 17.6. The van der Waals surface area contributed by atoms with Gasteiger partial charge in [-0.3, -0.25) is 0 Å². The number of hydrogen-bond acceptors (Lipinski definition) is 5. The molecule has 2 aromatic rings. The van der Waals surface area contributed by atoms with Crippen molar-refractivity contribution in [1.29, 1.82) is 0 Å². The minimum absolute atomic E-state index is 0. The van der Waals surface area contributed by atoms with E-state index in [1.54, 1.807) is 28.4 Å². The smallest absolute Gasteiger partial charge is 0.191 e. The monoisotopic (exact) mass is 515 g/mol. The molecule has 0 atom stereocenters. The number of benzene rings is 2. The van der Waals surface area contributed by atoms with Gasteiger partial charge < -0.3 is 29.6 Å². The van der Waals surface area contributed by atoms with Crippen LogP contribution in [0.15, 0.2) is 41.4 Å². The maximum atomic E-state index is 5.49. The summed E-state index contributed by atoms with van der Waals surface area (Å²) in [4.78, 5) is 4.65. The number of para-hydroxylation sites is 1. The van der Waals surface area contributed by atoms with E-state index in [1.165, 1.54) is 0 Å². The molecule has 0 radical (unpaired) electrons. The van der Waals surface area contributed by atoms with Crippen LogP contribution in [0.3, 0.4) is 0 Å². The molecule has 29 heavy (non-hydrogen) atoms. The highest BCUT2D eigenvalue weighted by Gasteiger charge is 2.10. The average molecular weight is 515 g/mol. The zero-order valence-corrected chi connectivity index (χ0v) is 19.9. The van der Waals surface area contributed by atoms with Gasteiger partial charge in [0.1, 0.15) is 0 Å². The number of halogens is 1. The molecule has 0 aromatic heterocycles. The molecule has 0 aliphatic carbocycles. The number of nitrogens with zero attached hydrogens (tertiary/aromatic N) is 1. The van der Waals surface area contributed by atoms with E-state index in [2.05, 4.69) is 15.6 Å². The molecular formula is C21H30IN3O4. The molecule has 0 amide bonds. The molecule has 0 saturated carbocycles. The lowest BCUT2D eigenvalue weighted by Crippen LogP contribution is -2.36. The van der Waals surface area contributed by atoms with Gasteiger partial charge in [-0.1, -0.05) is 18.2 Å². The number of methoxy groups -OCH3 is 4. The van der Waals surface area contributed by atoms with Crippen LogP contribution in [-0.4, -0.2) is 40.9 Å². The van der Waals surface area contributed by atoms with Crippen LogP contribution in [-0.2, 0) is 13.1 Å². The van der Waals surface area contributed by atoms with Gasteiger partial charge in [0.2, 0.25) is 0 Å². The SMILES string of the molecule is CCNC(=NCc1ccc(OC)c(OC)c1)NCc1cccc(OC)c1OC.I. The molecule has 0 bridgehead atoms. The standard InChI is InChI=1S/C21H29N3O4.HI/c1-6-22-21(23-13-15-10-11-17(25-2)19(12-15)27-4)24-14-16-8-7-9-18(26-3)20(16)28-5;/h7-12H,6,13-14H2,1-5H3,(H2,22,23,24);1H. The van der Waals surface area contributed by atoms with E-state index in [-0.39, 0.29) is 24.0 Å². The third-order valence-corrected chi connectivity index (χ3v) is 4.14. The first-order valence-electron chi connectivity index (χ1n) is 9.09. The molecular weight excluding hydrogens is 485 g/mol. The summed E-state index contributed by atoms with van der Waals surface area (Å²) >= 11 is 0. The van der Waals surface area contributed by atoms with Crippen molar-refractivity contribution >= 4 is 29.9 Å². The van der Waals surface area contributed by atoms with Gasteiger partial charge in [0, 0.05) is 18.7 Å². The normalized spacial score (nSPS) is 10.6. The lowest BCUT2D eigenvalue weighted by Gasteiger charge is -2.15. The van der Waals surface area contributed by atoms with Crippen LogP contribution < -0.4 is 29.6 Å². The first-order chi connectivity index (χ1) is 13.7. The van der Waals surface area contributed by atoms with Crippen LogP contribution in [0.25, 0.3) is 0 Å². The molecule has 0 saturated heterocycles. The summed E-state index contributed by atoms with van der Waals surface area (Å²) in [5.41, 5.74) is 2.01.